The maximum Gasteiger partial charge on any atom is 0.229 e. The van der Waals surface area contributed by atoms with Crippen molar-refractivity contribution < 1.29 is 49.7 Å². The van der Waals surface area contributed by atoms with E-state index >= 15 is 0 Å². The Hall–Kier alpha value is -3.02. The SMILES string of the molecule is Cc1cc(O)c2c(c1)C(=O)c1cc(O)cc(O[C@@H]3O[C@H](CO)[C@H](O)[C@@H](O)[C@@H]3O)c1C2=O. The van der Waals surface area contributed by atoms with Gasteiger partial charge in [-0.15, -0.1) is 0 Å². The van der Waals surface area contributed by atoms with Crippen LogP contribution in [0.1, 0.15) is 37.4 Å². The molecule has 0 spiro atoms. The van der Waals surface area contributed by atoms with Crippen LogP contribution in [0.15, 0.2) is 24.3 Å². The van der Waals surface area contributed by atoms with Crippen molar-refractivity contribution in [1.82, 2.24) is 0 Å². The molecule has 1 aliphatic heterocycles. The summed E-state index contributed by atoms with van der Waals surface area (Å²) >= 11 is 0. The highest BCUT2D eigenvalue weighted by atomic mass is 16.7. The van der Waals surface area contributed by atoms with Gasteiger partial charge in [0.1, 0.15) is 41.7 Å². The molecule has 10 nitrogen and oxygen atoms in total. The van der Waals surface area contributed by atoms with Gasteiger partial charge in [0.2, 0.25) is 12.1 Å². The Bertz CT molecular complexity index is 1080. The number of ketones is 2. The summed E-state index contributed by atoms with van der Waals surface area (Å²) in [5.74, 6) is -2.53. The van der Waals surface area contributed by atoms with Crippen molar-refractivity contribution in [3.8, 4) is 17.2 Å². The Labute approximate surface area is 175 Å². The van der Waals surface area contributed by atoms with Gasteiger partial charge in [-0.05, 0) is 30.7 Å². The summed E-state index contributed by atoms with van der Waals surface area (Å²) in [6, 6.07) is 4.87. The minimum Gasteiger partial charge on any atom is -0.508 e. The molecule has 0 bridgehead atoms. The molecule has 0 saturated carbocycles. The van der Waals surface area contributed by atoms with Crippen LogP contribution < -0.4 is 4.74 Å². The molecule has 2 aromatic rings. The second-order valence-corrected chi connectivity index (χ2v) is 7.55. The first-order valence-electron chi connectivity index (χ1n) is 9.41. The Kier molecular flexibility index (Phi) is 5.20. The molecule has 2 aliphatic rings. The van der Waals surface area contributed by atoms with Crippen molar-refractivity contribution in [1.29, 1.82) is 0 Å². The second-order valence-electron chi connectivity index (χ2n) is 7.55. The molecule has 0 unspecified atom stereocenters. The van der Waals surface area contributed by atoms with Gasteiger partial charge >= 0.3 is 0 Å². The fourth-order valence-electron chi connectivity index (χ4n) is 3.85. The lowest BCUT2D eigenvalue weighted by molar-refractivity contribution is -0.277. The molecule has 31 heavy (non-hydrogen) atoms. The number of aromatic hydroxyl groups is 2. The molecule has 2 aromatic carbocycles. The molecule has 4 rings (SSSR count). The maximum absolute atomic E-state index is 13.2. The monoisotopic (exact) mass is 432 g/mol. The summed E-state index contributed by atoms with van der Waals surface area (Å²) in [5.41, 5.74) is -0.154. The molecule has 1 saturated heterocycles. The molecule has 5 atom stereocenters. The first-order chi connectivity index (χ1) is 14.6. The lowest BCUT2D eigenvalue weighted by atomic mass is 9.82. The van der Waals surface area contributed by atoms with Gasteiger partial charge in [0, 0.05) is 17.2 Å². The number of carbonyl (C=O) groups excluding carboxylic acids is 2. The van der Waals surface area contributed by atoms with Gasteiger partial charge in [-0.3, -0.25) is 9.59 Å². The quantitative estimate of drug-likeness (QED) is 0.312. The van der Waals surface area contributed by atoms with E-state index in [1.54, 1.807) is 6.92 Å². The third-order valence-corrected chi connectivity index (χ3v) is 5.38. The minimum atomic E-state index is -1.77. The van der Waals surface area contributed by atoms with Gasteiger partial charge in [-0.2, -0.15) is 0 Å². The van der Waals surface area contributed by atoms with E-state index in [-0.39, 0.29) is 28.0 Å². The smallest absolute Gasteiger partial charge is 0.229 e. The number of phenolic OH excluding ortho intramolecular Hbond substituents is 2. The van der Waals surface area contributed by atoms with Crippen LogP contribution in [0.3, 0.4) is 0 Å². The van der Waals surface area contributed by atoms with Gasteiger partial charge in [0.15, 0.2) is 5.78 Å². The molecule has 164 valence electrons. The number of rotatable bonds is 3. The topological polar surface area (TPSA) is 174 Å². The maximum atomic E-state index is 13.2. The Morgan fingerprint density at radius 2 is 1.58 bits per heavy atom. The van der Waals surface area contributed by atoms with Crippen LogP contribution in [0.25, 0.3) is 0 Å². The van der Waals surface area contributed by atoms with E-state index < -0.39 is 60.4 Å². The first-order valence-corrected chi connectivity index (χ1v) is 9.41. The fourth-order valence-corrected chi connectivity index (χ4v) is 3.85. The highest BCUT2D eigenvalue weighted by Crippen LogP contribution is 2.40. The van der Waals surface area contributed by atoms with Crippen LogP contribution >= 0.6 is 0 Å². The molecular weight excluding hydrogens is 412 g/mol. The van der Waals surface area contributed by atoms with Gasteiger partial charge in [-0.1, -0.05) is 0 Å². The van der Waals surface area contributed by atoms with Gasteiger partial charge in [-0.25, -0.2) is 0 Å². The van der Waals surface area contributed by atoms with Crippen LogP contribution in [0.5, 0.6) is 17.2 Å². The van der Waals surface area contributed by atoms with Crippen molar-refractivity contribution in [3.05, 3.63) is 52.1 Å². The minimum absolute atomic E-state index is 0.0283. The predicted molar refractivity (Wildman–Crippen MR) is 102 cm³/mol. The molecule has 0 amide bonds. The molecule has 1 heterocycles. The number of aryl methyl sites for hydroxylation is 1. The number of carbonyl (C=O) groups is 2. The molecular formula is C21H20O10. The molecule has 0 radical (unpaired) electrons. The second kappa shape index (κ2) is 7.59. The van der Waals surface area contributed by atoms with Crippen LogP contribution in [-0.4, -0.2) is 79.5 Å². The van der Waals surface area contributed by atoms with E-state index in [4.69, 9.17) is 9.47 Å². The van der Waals surface area contributed by atoms with E-state index in [2.05, 4.69) is 0 Å². The van der Waals surface area contributed by atoms with Crippen LogP contribution in [0.4, 0.5) is 0 Å². The van der Waals surface area contributed by atoms with E-state index in [0.29, 0.717) is 5.56 Å². The Morgan fingerprint density at radius 1 is 0.903 bits per heavy atom. The summed E-state index contributed by atoms with van der Waals surface area (Å²) < 4.78 is 10.8. The van der Waals surface area contributed by atoms with Gasteiger partial charge < -0.3 is 40.1 Å². The van der Waals surface area contributed by atoms with Gasteiger partial charge in [0.05, 0.1) is 17.7 Å². The Balaban J connectivity index is 1.79. The number of benzene rings is 2. The average Bonchev–Trinajstić information content (AvgIpc) is 2.71. The number of ether oxygens (including phenoxy) is 2. The normalized spacial score (nSPS) is 27.6. The highest BCUT2D eigenvalue weighted by molar-refractivity contribution is 6.30. The summed E-state index contributed by atoms with van der Waals surface area (Å²) in [5, 5.41) is 59.8. The average molecular weight is 432 g/mol. The Morgan fingerprint density at radius 3 is 2.26 bits per heavy atom. The van der Waals surface area contributed by atoms with Crippen LogP contribution in [0.2, 0.25) is 0 Å². The van der Waals surface area contributed by atoms with E-state index in [9.17, 15) is 40.2 Å². The van der Waals surface area contributed by atoms with E-state index in [1.807, 2.05) is 0 Å². The van der Waals surface area contributed by atoms with E-state index in [1.165, 1.54) is 12.1 Å². The number of fused-ring (bicyclic) bond motifs is 2. The van der Waals surface area contributed by atoms with E-state index in [0.717, 1.165) is 12.1 Å². The zero-order valence-electron chi connectivity index (χ0n) is 16.2. The predicted octanol–water partition coefficient (Wildman–Crippen LogP) is -0.640. The highest BCUT2D eigenvalue weighted by Gasteiger charge is 2.45. The summed E-state index contributed by atoms with van der Waals surface area (Å²) in [6.07, 6.45) is -8.02. The van der Waals surface area contributed by atoms with Crippen molar-refractivity contribution in [2.75, 3.05) is 6.61 Å². The third-order valence-electron chi connectivity index (χ3n) is 5.38. The number of aliphatic hydroxyl groups excluding tert-OH is 4. The summed E-state index contributed by atoms with van der Waals surface area (Å²) in [4.78, 5) is 26.2. The largest absolute Gasteiger partial charge is 0.508 e. The van der Waals surface area contributed by atoms with Crippen molar-refractivity contribution >= 4 is 11.6 Å². The lowest BCUT2D eigenvalue weighted by Crippen LogP contribution is -2.60. The third kappa shape index (κ3) is 3.34. The summed E-state index contributed by atoms with van der Waals surface area (Å²) in [6.45, 7) is 0.949. The number of hydrogen-bond donors (Lipinski definition) is 6. The molecule has 0 aromatic heterocycles. The molecule has 1 fully saturated rings. The molecule has 10 heteroatoms. The fraction of sp³-hybridized carbons (Fsp3) is 0.333. The summed E-state index contributed by atoms with van der Waals surface area (Å²) in [7, 11) is 0. The van der Waals surface area contributed by atoms with Crippen LogP contribution in [0, 0.1) is 6.92 Å². The number of phenols is 2. The lowest BCUT2D eigenvalue weighted by Gasteiger charge is -2.39. The first kappa shape index (κ1) is 21.2. The van der Waals surface area contributed by atoms with Crippen molar-refractivity contribution in [2.24, 2.45) is 0 Å². The number of hydrogen-bond acceptors (Lipinski definition) is 10. The standard InChI is InChI=1S/C21H20O10/c1-7-2-9-14(11(24)3-7)18(27)15-10(16(9)25)4-8(23)5-12(15)30-21-20(29)19(28)17(26)13(6-22)31-21/h2-5,13,17,19-24,26,28-29H,6H2,1H3/t13-,17+,19-,20+,21-/m1/s1. The molecule has 6 N–H and O–H groups in total. The van der Waals surface area contributed by atoms with Crippen molar-refractivity contribution in [2.45, 2.75) is 37.6 Å². The van der Waals surface area contributed by atoms with Crippen LogP contribution in [-0.2, 0) is 4.74 Å². The zero-order chi connectivity index (χ0) is 22.6. The van der Waals surface area contributed by atoms with Gasteiger partial charge in [0.25, 0.3) is 0 Å². The van der Waals surface area contributed by atoms with Crippen molar-refractivity contribution in [3.63, 3.8) is 0 Å². The zero-order valence-corrected chi connectivity index (χ0v) is 16.2. The number of aliphatic hydroxyl groups is 4. The molecule has 1 aliphatic carbocycles.